The Labute approximate surface area is 157 Å². The van der Waals surface area contributed by atoms with Gasteiger partial charge in [0.15, 0.2) is 0 Å². The van der Waals surface area contributed by atoms with Gasteiger partial charge in [-0.1, -0.05) is 41.9 Å². The van der Waals surface area contributed by atoms with E-state index >= 15 is 0 Å². The predicted octanol–water partition coefficient (Wildman–Crippen LogP) is 3.90. The third-order valence-corrected chi connectivity index (χ3v) is 4.99. The monoisotopic (exact) mass is 372 g/mol. The van der Waals surface area contributed by atoms with Gasteiger partial charge in [-0.25, -0.2) is 0 Å². The Bertz CT molecular complexity index is 810. The summed E-state index contributed by atoms with van der Waals surface area (Å²) < 4.78 is 5.30. The zero-order chi connectivity index (χ0) is 18.7. The third-order valence-electron chi connectivity index (χ3n) is 4.76. The van der Waals surface area contributed by atoms with Gasteiger partial charge >= 0.3 is 0 Å². The van der Waals surface area contributed by atoms with Crippen LogP contribution in [-0.2, 0) is 9.59 Å². The highest BCUT2D eigenvalue weighted by Crippen LogP contribution is 2.37. The lowest BCUT2D eigenvalue weighted by atomic mass is 9.84. The number of nitrogens with one attached hydrogen (secondary N) is 1. The fraction of sp³-hybridized carbons (Fsp3) is 0.300. The second kappa shape index (κ2) is 7.79. The molecule has 0 saturated carbocycles. The number of nitrogens with zero attached hydrogens (tertiary/aromatic N) is 1. The number of ether oxygens (including phenoxy) is 1. The van der Waals surface area contributed by atoms with Crippen molar-refractivity contribution in [2.45, 2.75) is 18.9 Å². The van der Waals surface area contributed by atoms with Crippen molar-refractivity contribution >= 4 is 29.1 Å². The molecule has 6 heteroatoms. The topological polar surface area (TPSA) is 58.6 Å². The number of methoxy groups -OCH3 is 1. The average Bonchev–Trinajstić information content (AvgIpc) is 2.64. The molecule has 136 valence electrons. The molecule has 0 bridgehead atoms. The molecule has 3 rings (SSSR count). The second-order valence-corrected chi connectivity index (χ2v) is 6.78. The van der Waals surface area contributed by atoms with Crippen LogP contribution in [0.2, 0.25) is 5.02 Å². The molecule has 2 aromatic carbocycles. The van der Waals surface area contributed by atoms with Crippen molar-refractivity contribution in [3.8, 4) is 5.75 Å². The maximum absolute atomic E-state index is 13.0. The van der Waals surface area contributed by atoms with E-state index in [1.54, 1.807) is 37.3 Å². The Morgan fingerprint density at radius 1 is 1.23 bits per heavy atom. The first kappa shape index (κ1) is 18.3. The Morgan fingerprint density at radius 3 is 2.65 bits per heavy atom. The van der Waals surface area contributed by atoms with E-state index in [0.717, 1.165) is 5.56 Å². The Morgan fingerprint density at radius 2 is 1.96 bits per heavy atom. The lowest BCUT2D eigenvalue weighted by Crippen LogP contribution is -2.44. The minimum absolute atomic E-state index is 0.0447. The molecule has 5 nitrogen and oxygen atoms in total. The van der Waals surface area contributed by atoms with Gasteiger partial charge < -0.3 is 15.0 Å². The number of hydrogen-bond acceptors (Lipinski definition) is 3. The van der Waals surface area contributed by atoms with E-state index in [2.05, 4.69) is 5.32 Å². The summed E-state index contributed by atoms with van der Waals surface area (Å²) in [5.41, 5.74) is 1.47. The average molecular weight is 373 g/mol. The minimum Gasteiger partial charge on any atom is -0.495 e. The number of benzene rings is 2. The molecular weight excluding hydrogens is 352 g/mol. The molecule has 1 heterocycles. The molecule has 2 atom stereocenters. The van der Waals surface area contributed by atoms with E-state index in [4.69, 9.17) is 16.3 Å². The molecule has 0 radical (unpaired) electrons. The van der Waals surface area contributed by atoms with Crippen LogP contribution in [0, 0.1) is 5.92 Å². The number of carbonyl (C=O) groups excluding carboxylic acids is 2. The standard InChI is InChI=1S/C20H21ClN2O3/c1-23-18(24)11-9-15(19(23)13-6-4-3-5-7-13)20(25)22-16-12-14(21)8-10-17(16)26-2/h3-8,10,12,15,19H,9,11H2,1-2H3,(H,22,25)/t15-,19+/m0/s1. The summed E-state index contributed by atoms with van der Waals surface area (Å²) >= 11 is 6.05. The van der Waals surface area contributed by atoms with Gasteiger partial charge in [-0.05, 0) is 30.2 Å². The summed E-state index contributed by atoms with van der Waals surface area (Å²) in [7, 11) is 3.29. The summed E-state index contributed by atoms with van der Waals surface area (Å²) in [6.45, 7) is 0. The minimum atomic E-state index is -0.358. The predicted molar refractivity (Wildman–Crippen MR) is 101 cm³/mol. The Balaban J connectivity index is 1.89. The van der Waals surface area contributed by atoms with E-state index < -0.39 is 0 Å². The van der Waals surface area contributed by atoms with Crippen molar-refractivity contribution in [3.63, 3.8) is 0 Å². The highest BCUT2D eigenvalue weighted by molar-refractivity contribution is 6.31. The van der Waals surface area contributed by atoms with Gasteiger partial charge in [0.1, 0.15) is 5.75 Å². The second-order valence-electron chi connectivity index (χ2n) is 6.34. The van der Waals surface area contributed by atoms with Gasteiger partial charge in [0.2, 0.25) is 11.8 Å². The summed E-state index contributed by atoms with van der Waals surface area (Å²) in [5.74, 6) is 0.0741. The largest absolute Gasteiger partial charge is 0.495 e. The molecular formula is C20H21ClN2O3. The smallest absolute Gasteiger partial charge is 0.230 e. The number of halogens is 1. The van der Waals surface area contributed by atoms with Crippen LogP contribution >= 0.6 is 11.6 Å². The summed E-state index contributed by atoms with van der Waals surface area (Å²) in [6.07, 6.45) is 0.849. The number of rotatable bonds is 4. The lowest BCUT2D eigenvalue weighted by Gasteiger charge is -2.38. The number of anilines is 1. The van der Waals surface area contributed by atoms with Crippen LogP contribution in [0.25, 0.3) is 0 Å². The maximum Gasteiger partial charge on any atom is 0.230 e. The van der Waals surface area contributed by atoms with Crippen LogP contribution in [0.15, 0.2) is 48.5 Å². The van der Waals surface area contributed by atoms with Crippen LogP contribution < -0.4 is 10.1 Å². The maximum atomic E-state index is 13.0. The first-order valence-electron chi connectivity index (χ1n) is 8.46. The van der Waals surface area contributed by atoms with Gasteiger partial charge in [-0.2, -0.15) is 0 Å². The first-order chi connectivity index (χ1) is 12.5. The number of amides is 2. The van der Waals surface area contributed by atoms with E-state index in [0.29, 0.717) is 29.3 Å². The quantitative estimate of drug-likeness (QED) is 0.885. The summed E-state index contributed by atoms with van der Waals surface area (Å²) in [5, 5.41) is 3.43. The van der Waals surface area contributed by atoms with Crippen molar-refractivity contribution in [1.82, 2.24) is 4.90 Å². The van der Waals surface area contributed by atoms with Gasteiger partial charge in [-0.3, -0.25) is 9.59 Å². The SMILES string of the molecule is COc1ccc(Cl)cc1NC(=O)[C@H]1CCC(=O)N(C)[C@@H]1c1ccccc1. The highest BCUT2D eigenvalue weighted by atomic mass is 35.5. The van der Waals surface area contributed by atoms with Crippen LogP contribution in [0.4, 0.5) is 5.69 Å². The van der Waals surface area contributed by atoms with Gasteiger partial charge in [-0.15, -0.1) is 0 Å². The normalized spacial score (nSPS) is 20.0. The molecule has 1 N–H and O–H groups in total. The fourth-order valence-electron chi connectivity index (χ4n) is 3.42. The van der Waals surface area contributed by atoms with E-state index in [1.165, 1.54) is 0 Å². The van der Waals surface area contributed by atoms with E-state index in [9.17, 15) is 9.59 Å². The van der Waals surface area contributed by atoms with Gasteiger partial charge in [0.25, 0.3) is 0 Å². The molecule has 1 fully saturated rings. The zero-order valence-electron chi connectivity index (χ0n) is 14.7. The molecule has 0 spiro atoms. The first-order valence-corrected chi connectivity index (χ1v) is 8.84. The highest BCUT2D eigenvalue weighted by Gasteiger charge is 2.38. The zero-order valence-corrected chi connectivity index (χ0v) is 15.5. The molecule has 1 aliphatic heterocycles. The molecule has 26 heavy (non-hydrogen) atoms. The fourth-order valence-corrected chi connectivity index (χ4v) is 3.59. The van der Waals surface area contributed by atoms with Gasteiger partial charge in [0, 0.05) is 18.5 Å². The van der Waals surface area contributed by atoms with Crippen LogP contribution in [-0.4, -0.2) is 30.9 Å². The summed E-state index contributed by atoms with van der Waals surface area (Å²) in [4.78, 5) is 26.9. The van der Waals surface area contributed by atoms with Crippen molar-refractivity contribution < 1.29 is 14.3 Å². The van der Waals surface area contributed by atoms with Crippen molar-refractivity contribution in [2.75, 3.05) is 19.5 Å². The number of hydrogen-bond donors (Lipinski definition) is 1. The Hall–Kier alpha value is -2.53. The molecule has 0 aromatic heterocycles. The number of carbonyl (C=O) groups is 2. The van der Waals surface area contributed by atoms with Crippen LogP contribution in [0.1, 0.15) is 24.4 Å². The van der Waals surface area contributed by atoms with Gasteiger partial charge in [0.05, 0.1) is 24.8 Å². The lowest BCUT2D eigenvalue weighted by molar-refractivity contribution is -0.140. The number of piperidine rings is 1. The van der Waals surface area contributed by atoms with Crippen molar-refractivity contribution in [3.05, 3.63) is 59.1 Å². The van der Waals surface area contributed by atoms with Crippen LogP contribution in [0.3, 0.4) is 0 Å². The molecule has 2 aromatic rings. The molecule has 2 amide bonds. The Kier molecular flexibility index (Phi) is 5.47. The van der Waals surface area contributed by atoms with Crippen molar-refractivity contribution in [1.29, 1.82) is 0 Å². The van der Waals surface area contributed by atoms with E-state index in [1.807, 2.05) is 30.3 Å². The summed E-state index contributed by atoms with van der Waals surface area (Å²) in [6, 6.07) is 14.4. The third kappa shape index (κ3) is 3.68. The molecule has 0 aliphatic carbocycles. The number of likely N-dealkylation sites (tertiary alicyclic amines) is 1. The molecule has 1 saturated heterocycles. The van der Waals surface area contributed by atoms with Crippen LogP contribution in [0.5, 0.6) is 5.75 Å². The molecule has 0 unspecified atom stereocenters. The van der Waals surface area contributed by atoms with E-state index in [-0.39, 0.29) is 23.8 Å². The molecule has 1 aliphatic rings. The van der Waals surface area contributed by atoms with Crippen molar-refractivity contribution in [2.24, 2.45) is 5.92 Å².